The number of hydrogen-bond donors (Lipinski definition) is 1. The fourth-order valence-electron chi connectivity index (χ4n) is 3.66. The van der Waals surface area contributed by atoms with Crippen molar-refractivity contribution in [3.05, 3.63) is 39.9 Å². The minimum atomic E-state index is -0.257. The first-order valence-corrected chi connectivity index (χ1v) is 7.92. The molecule has 4 nitrogen and oxygen atoms in total. The van der Waals surface area contributed by atoms with Crippen LogP contribution in [0, 0.1) is 27.9 Å². The van der Waals surface area contributed by atoms with Crippen LogP contribution in [0.3, 0.4) is 0 Å². The van der Waals surface area contributed by atoms with E-state index in [0.29, 0.717) is 17.9 Å². The first kappa shape index (κ1) is 16.0. The number of rotatable bonds is 5. The zero-order valence-electron chi connectivity index (χ0n) is 13.2. The van der Waals surface area contributed by atoms with Crippen molar-refractivity contribution in [1.82, 2.24) is 5.32 Å². The van der Waals surface area contributed by atoms with E-state index in [2.05, 4.69) is 19.2 Å². The lowest BCUT2D eigenvalue weighted by Crippen LogP contribution is -2.40. The first-order valence-electron chi connectivity index (χ1n) is 7.92. The molecule has 21 heavy (non-hydrogen) atoms. The van der Waals surface area contributed by atoms with Crippen LogP contribution in [0.1, 0.15) is 38.7 Å². The molecule has 1 saturated carbocycles. The summed E-state index contributed by atoms with van der Waals surface area (Å²) in [5, 5.41) is 14.6. The lowest BCUT2D eigenvalue weighted by atomic mass is 9.71. The SMILES string of the molecule is CNC1CCC(C(C)C)CC1Cc1ccccc1[N+](=O)[O-]. The predicted molar refractivity (Wildman–Crippen MR) is 85.3 cm³/mol. The summed E-state index contributed by atoms with van der Waals surface area (Å²) < 4.78 is 0. The summed E-state index contributed by atoms with van der Waals surface area (Å²) in [4.78, 5) is 10.9. The monoisotopic (exact) mass is 290 g/mol. The van der Waals surface area contributed by atoms with Gasteiger partial charge < -0.3 is 5.32 Å². The van der Waals surface area contributed by atoms with Crippen LogP contribution in [-0.2, 0) is 6.42 Å². The van der Waals surface area contributed by atoms with Gasteiger partial charge in [-0.15, -0.1) is 0 Å². The van der Waals surface area contributed by atoms with Gasteiger partial charge in [0, 0.05) is 17.7 Å². The maximum Gasteiger partial charge on any atom is 0.272 e. The molecule has 116 valence electrons. The zero-order chi connectivity index (χ0) is 15.4. The average molecular weight is 290 g/mol. The van der Waals surface area contributed by atoms with Crippen molar-refractivity contribution < 1.29 is 4.92 Å². The Morgan fingerprint density at radius 3 is 2.67 bits per heavy atom. The van der Waals surface area contributed by atoms with Crippen LogP contribution in [0.25, 0.3) is 0 Å². The van der Waals surface area contributed by atoms with Crippen LogP contribution in [-0.4, -0.2) is 18.0 Å². The summed E-state index contributed by atoms with van der Waals surface area (Å²) in [6.45, 7) is 4.57. The fraction of sp³-hybridized carbons (Fsp3) is 0.647. The van der Waals surface area contributed by atoms with E-state index in [1.807, 2.05) is 19.2 Å². The summed E-state index contributed by atoms with van der Waals surface area (Å²) in [6, 6.07) is 7.64. The molecule has 3 unspecified atom stereocenters. The van der Waals surface area contributed by atoms with Crippen LogP contribution in [0.5, 0.6) is 0 Å². The highest BCUT2D eigenvalue weighted by atomic mass is 16.6. The standard InChI is InChI=1S/C17H26N2O2/c1-12(2)13-8-9-16(18-3)15(10-13)11-14-6-4-5-7-17(14)19(20)21/h4-7,12-13,15-16,18H,8-11H2,1-3H3. The third-order valence-corrected chi connectivity index (χ3v) is 5.01. The molecule has 0 radical (unpaired) electrons. The largest absolute Gasteiger partial charge is 0.317 e. The number of nitro benzene ring substituents is 1. The minimum absolute atomic E-state index is 0.257. The molecule has 1 aliphatic carbocycles. The Kier molecular flexibility index (Phi) is 5.34. The molecule has 2 rings (SSSR count). The van der Waals surface area contributed by atoms with Gasteiger partial charge in [-0.25, -0.2) is 0 Å². The van der Waals surface area contributed by atoms with Gasteiger partial charge in [0.2, 0.25) is 0 Å². The van der Waals surface area contributed by atoms with E-state index in [4.69, 9.17) is 0 Å². The smallest absolute Gasteiger partial charge is 0.272 e. The second kappa shape index (κ2) is 7.03. The maximum absolute atomic E-state index is 11.2. The number of benzene rings is 1. The molecule has 4 heteroatoms. The van der Waals surface area contributed by atoms with Gasteiger partial charge in [-0.1, -0.05) is 32.0 Å². The van der Waals surface area contributed by atoms with E-state index in [1.165, 1.54) is 12.8 Å². The molecule has 1 N–H and O–H groups in total. The molecule has 0 bridgehead atoms. The molecule has 0 aliphatic heterocycles. The van der Waals surface area contributed by atoms with Gasteiger partial charge in [0.05, 0.1) is 4.92 Å². The van der Waals surface area contributed by atoms with Crippen LogP contribution in [0.2, 0.25) is 0 Å². The van der Waals surface area contributed by atoms with Gasteiger partial charge in [-0.3, -0.25) is 10.1 Å². The Bertz CT molecular complexity index is 487. The van der Waals surface area contributed by atoms with Gasteiger partial charge in [-0.05, 0) is 50.5 Å². The van der Waals surface area contributed by atoms with E-state index in [9.17, 15) is 10.1 Å². The van der Waals surface area contributed by atoms with Crippen molar-refractivity contribution in [2.45, 2.75) is 45.6 Å². The lowest BCUT2D eigenvalue weighted by molar-refractivity contribution is -0.385. The molecule has 0 aromatic heterocycles. The van der Waals surface area contributed by atoms with Gasteiger partial charge >= 0.3 is 0 Å². The third kappa shape index (κ3) is 3.82. The minimum Gasteiger partial charge on any atom is -0.317 e. The maximum atomic E-state index is 11.2. The van der Waals surface area contributed by atoms with E-state index in [0.717, 1.165) is 24.3 Å². The van der Waals surface area contributed by atoms with Gasteiger partial charge in [0.15, 0.2) is 0 Å². The molecule has 0 amide bonds. The van der Waals surface area contributed by atoms with Crippen molar-refractivity contribution in [1.29, 1.82) is 0 Å². The van der Waals surface area contributed by atoms with Gasteiger partial charge in [-0.2, -0.15) is 0 Å². The van der Waals surface area contributed by atoms with Crippen LogP contribution in [0.15, 0.2) is 24.3 Å². The molecule has 0 heterocycles. The molecular formula is C17H26N2O2. The quantitative estimate of drug-likeness (QED) is 0.663. The normalized spacial score (nSPS) is 26.0. The van der Waals surface area contributed by atoms with Crippen LogP contribution < -0.4 is 5.32 Å². The highest BCUT2D eigenvalue weighted by molar-refractivity contribution is 5.40. The number of nitrogens with one attached hydrogen (secondary N) is 1. The second-order valence-corrected chi connectivity index (χ2v) is 6.56. The summed E-state index contributed by atoms with van der Waals surface area (Å²) >= 11 is 0. The number of para-hydroxylation sites is 1. The molecule has 3 atom stereocenters. The lowest BCUT2D eigenvalue weighted by Gasteiger charge is -2.38. The Morgan fingerprint density at radius 2 is 2.05 bits per heavy atom. The first-order chi connectivity index (χ1) is 10.0. The van der Waals surface area contributed by atoms with E-state index >= 15 is 0 Å². The second-order valence-electron chi connectivity index (χ2n) is 6.56. The summed E-state index contributed by atoms with van der Waals surface area (Å²) in [5.74, 6) is 1.91. The molecule has 1 aromatic carbocycles. The Balaban J connectivity index is 2.17. The topological polar surface area (TPSA) is 55.2 Å². The van der Waals surface area contributed by atoms with Crippen molar-refractivity contribution in [3.8, 4) is 0 Å². The average Bonchev–Trinajstić information content (AvgIpc) is 2.47. The Hall–Kier alpha value is -1.42. The summed E-state index contributed by atoms with van der Waals surface area (Å²) in [6.07, 6.45) is 4.39. The van der Waals surface area contributed by atoms with Gasteiger partial charge in [0.1, 0.15) is 0 Å². The molecule has 0 spiro atoms. The molecule has 0 saturated heterocycles. The molecular weight excluding hydrogens is 264 g/mol. The Labute approximate surface area is 127 Å². The molecule has 1 aromatic rings. The van der Waals surface area contributed by atoms with Crippen molar-refractivity contribution in [3.63, 3.8) is 0 Å². The number of nitrogens with zero attached hydrogens (tertiary/aromatic N) is 1. The zero-order valence-corrected chi connectivity index (χ0v) is 13.2. The van der Waals surface area contributed by atoms with Crippen LogP contribution >= 0.6 is 0 Å². The summed E-state index contributed by atoms with van der Waals surface area (Å²) in [5.41, 5.74) is 1.14. The summed E-state index contributed by atoms with van der Waals surface area (Å²) in [7, 11) is 2.01. The molecule has 1 fully saturated rings. The highest BCUT2D eigenvalue weighted by Gasteiger charge is 2.32. The number of nitro groups is 1. The van der Waals surface area contributed by atoms with Gasteiger partial charge in [0.25, 0.3) is 5.69 Å². The molecule has 1 aliphatic rings. The highest BCUT2D eigenvalue weighted by Crippen LogP contribution is 2.36. The third-order valence-electron chi connectivity index (χ3n) is 5.01. The predicted octanol–water partition coefficient (Wildman–Crippen LogP) is 3.80. The van der Waals surface area contributed by atoms with Crippen LogP contribution in [0.4, 0.5) is 5.69 Å². The fourth-order valence-corrected chi connectivity index (χ4v) is 3.66. The van der Waals surface area contributed by atoms with Crippen molar-refractivity contribution >= 4 is 5.69 Å². The van der Waals surface area contributed by atoms with E-state index in [1.54, 1.807) is 12.1 Å². The van der Waals surface area contributed by atoms with Crippen molar-refractivity contribution in [2.75, 3.05) is 7.05 Å². The van der Waals surface area contributed by atoms with E-state index < -0.39 is 0 Å². The van der Waals surface area contributed by atoms with E-state index in [-0.39, 0.29) is 10.6 Å². The van der Waals surface area contributed by atoms with Crippen molar-refractivity contribution in [2.24, 2.45) is 17.8 Å². The Morgan fingerprint density at radius 1 is 1.33 bits per heavy atom. The number of hydrogen-bond acceptors (Lipinski definition) is 3.